The van der Waals surface area contributed by atoms with Crippen LogP contribution in [-0.2, 0) is 19.0 Å². The van der Waals surface area contributed by atoms with E-state index in [1.165, 1.54) is 0 Å². The second-order valence-electron chi connectivity index (χ2n) is 9.56. The molecule has 2 saturated heterocycles. The summed E-state index contributed by atoms with van der Waals surface area (Å²) in [5.74, 6) is -0.807. The molecule has 2 aliphatic heterocycles. The van der Waals surface area contributed by atoms with Gasteiger partial charge in [0.2, 0.25) is 0 Å². The molecule has 0 bridgehead atoms. The largest absolute Gasteiger partial charge is 0.458 e. The van der Waals surface area contributed by atoms with Gasteiger partial charge >= 0.3 is 5.97 Å². The van der Waals surface area contributed by atoms with Crippen molar-refractivity contribution in [3.05, 3.63) is 12.2 Å². The molecule has 0 unspecified atom stereocenters. The van der Waals surface area contributed by atoms with Gasteiger partial charge in [-0.1, -0.05) is 20.4 Å². The summed E-state index contributed by atoms with van der Waals surface area (Å²) in [6.07, 6.45) is -6.84. The Labute approximate surface area is 175 Å². The van der Waals surface area contributed by atoms with Crippen molar-refractivity contribution < 1.29 is 44.5 Å². The van der Waals surface area contributed by atoms with Gasteiger partial charge in [-0.15, -0.1) is 0 Å². The van der Waals surface area contributed by atoms with Crippen molar-refractivity contribution in [3.63, 3.8) is 0 Å². The summed E-state index contributed by atoms with van der Waals surface area (Å²) in [5, 5.41) is 50.7. The average Bonchev–Trinajstić information content (AvgIpc) is 2.99. The molecule has 2 aliphatic carbocycles. The molecule has 0 aromatic heterocycles. The number of aliphatic hydroxyl groups is 5. The molecule has 0 spiro atoms. The van der Waals surface area contributed by atoms with Crippen molar-refractivity contribution in [2.45, 2.75) is 82.1 Å². The van der Waals surface area contributed by atoms with E-state index in [2.05, 4.69) is 6.58 Å². The number of fused-ring (bicyclic) bond motifs is 3. The molecule has 9 nitrogen and oxygen atoms in total. The van der Waals surface area contributed by atoms with Crippen LogP contribution in [0.2, 0.25) is 0 Å². The van der Waals surface area contributed by atoms with E-state index in [9.17, 15) is 30.3 Å². The molecule has 0 aromatic rings. The minimum absolute atomic E-state index is 0.0868. The smallest absolute Gasteiger partial charge is 0.334 e. The van der Waals surface area contributed by atoms with Crippen molar-refractivity contribution >= 4 is 5.97 Å². The van der Waals surface area contributed by atoms with Crippen LogP contribution in [-0.4, -0.2) is 87.1 Å². The van der Waals surface area contributed by atoms with E-state index in [0.29, 0.717) is 18.4 Å². The maximum absolute atomic E-state index is 12.1. The Balaban J connectivity index is 1.60. The van der Waals surface area contributed by atoms with Gasteiger partial charge in [0, 0.05) is 29.2 Å². The first-order valence-electron chi connectivity index (χ1n) is 10.6. The van der Waals surface area contributed by atoms with Crippen LogP contribution in [0.25, 0.3) is 0 Å². The first kappa shape index (κ1) is 22.1. The van der Waals surface area contributed by atoms with E-state index >= 15 is 0 Å². The zero-order valence-electron chi connectivity index (χ0n) is 17.3. The van der Waals surface area contributed by atoms with Crippen molar-refractivity contribution in [1.29, 1.82) is 0 Å². The van der Waals surface area contributed by atoms with Crippen LogP contribution in [0.4, 0.5) is 0 Å². The fourth-order valence-corrected chi connectivity index (χ4v) is 6.07. The van der Waals surface area contributed by atoms with E-state index in [-0.39, 0.29) is 24.2 Å². The highest BCUT2D eigenvalue weighted by atomic mass is 16.7. The van der Waals surface area contributed by atoms with E-state index in [1.807, 2.05) is 13.8 Å². The molecule has 12 atom stereocenters. The van der Waals surface area contributed by atoms with Gasteiger partial charge in [-0.25, -0.2) is 4.79 Å². The molecule has 0 amide bonds. The fraction of sp³-hybridized carbons (Fsp3) is 0.857. The number of carbonyl (C=O) groups excluding carboxylic acids is 1. The minimum atomic E-state index is -1.54. The Hall–Kier alpha value is -1.07. The molecule has 2 saturated carbocycles. The Kier molecular flexibility index (Phi) is 5.76. The van der Waals surface area contributed by atoms with Gasteiger partial charge in [0.1, 0.15) is 30.5 Å². The summed E-state index contributed by atoms with van der Waals surface area (Å²) in [6.45, 7) is 7.31. The Morgan fingerprint density at radius 2 is 1.90 bits per heavy atom. The molecule has 5 N–H and O–H groups in total. The quantitative estimate of drug-likeness (QED) is 0.285. The highest BCUT2D eigenvalue weighted by Gasteiger charge is 2.62. The molecule has 9 heteroatoms. The van der Waals surface area contributed by atoms with E-state index in [0.717, 1.165) is 0 Å². The second-order valence-corrected chi connectivity index (χ2v) is 9.56. The summed E-state index contributed by atoms with van der Waals surface area (Å²) in [6, 6.07) is 0. The molecule has 170 valence electrons. The minimum Gasteiger partial charge on any atom is -0.458 e. The number of ether oxygens (including phenoxy) is 3. The number of hydrogen-bond acceptors (Lipinski definition) is 9. The van der Waals surface area contributed by atoms with Crippen molar-refractivity contribution in [2.24, 2.45) is 23.2 Å². The zero-order chi connectivity index (χ0) is 22.0. The summed E-state index contributed by atoms with van der Waals surface area (Å²) < 4.78 is 17.3. The summed E-state index contributed by atoms with van der Waals surface area (Å²) in [5.41, 5.74) is -0.00973. The standard InChI is InChI=1S/C21H32O9/c1-8-10-4-5-21(3)13(6-11(23)9(2)14(21)18(10)30-19(8)27)29-20-17(26)16(25)15(24)12(7-22)28-20/h9-18,20,22-26H,1,4-7H2,2-3H3/t9-,10-,11-,12+,13+,14+,15-,16+,17-,18-,20+,21-/m0/s1. The third-order valence-corrected chi connectivity index (χ3v) is 7.97. The van der Waals surface area contributed by atoms with Crippen LogP contribution in [0.5, 0.6) is 0 Å². The molecule has 4 fully saturated rings. The second kappa shape index (κ2) is 7.81. The molecular weight excluding hydrogens is 396 g/mol. The number of hydrogen-bond donors (Lipinski definition) is 5. The third-order valence-electron chi connectivity index (χ3n) is 7.97. The topological polar surface area (TPSA) is 146 Å². The van der Waals surface area contributed by atoms with Gasteiger partial charge in [-0.05, 0) is 18.8 Å². The van der Waals surface area contributed by atoms with E-state index < -0.39 is 67.0 Å². The molecule has 4 aliphatic rings. The van der Waals surface area contributed by atoms with E-state index in [1.54, 1.807) is 0 Å². The van der Waals surface area contributed by atoms with Crippen LogP contribution in [0, 0.1) is 23.2 Å². The summed E-state index contributed by atoms with van der Waals surface area (Å²) in [4.78, 5) is 12.1. The number of esters is 1. The monoisotopic (exact) mass is 428 g/mol. The maximum Gasteiger partial charge on any atom is 0.334 e. The SMILES string of the molecule is C=C1C(=O)O[C@@H]2[C@H]3[C@@H](C)[C@@H](O)C[C@@H](O[C@H]4O[C@H](CO)[C@H](O)[C@@H](O)[C@@H]4O)[C@]3(C)CC[C@@H]12. The molecule has 0 radical (unpaired) electrons. The normalized spacial score (nSPS) is 53.8. The number of carbonyl (C=O) groups is 1. The molecule has 4 rings (SSSR count). The Morgan fingerprint density at radius 3 is 2.57 bits per heavy atom. The lowest BCUT2D eigenvalue weighted by molar-refractivity contribution is -0.332. The Bertz CT molecular complexity index is 696. The Morgan fingerprint density at radius 1 is 1.20 bits per heavy atom. The molecule has 2 heterocycles. The van der Waals surface area contributed by atoms with Gasteiger partial charge in [0.25, 0.3) is 0 Å². The van der Waals surface area contributed by atoms with Crippen LogP contribution in [0.3, 0.4) is 0 Å². The van der Waals surface area contributed by atoms with Crippen LogP contribution >= 0.6 is 0 Å². The predicted octanol–water partition coefficient (Wildman–Crippen LogP) is -0.914. The summed E-state index contributed by atoms with van der Waals surface area (Å²) >= 11 is 0. The number of aliphatic hydroxyl groups excluding tert-OH is 5. The highest BCUT2D eigenvalue weighted by molar-refractivity contribution is 5.90. The lowest BCUT2D eigenvalue weighted by Crippen LogP contribution is -2.63. The van der Waals surface area contributed by atoms with Gasteiger partial charge in [0.05, 0.1) is 18.8 Å². The van der Waals surface area contributed by atoms with Crippen molar-refractivity contribution in [3.8, 4) is 0 Å². The van der Waals surface area contributed by atoms with Gasteiger partial charge in [-0.2, -0.15) is 0 Å². The number of rotatable bonds is 3. The zero-order valence-corrected chi connectivity index (χ0v) is 17.3. The average molecular weight is 428 g/mol. The maximum atomic E-state index is 12.1. The fourth-order valence-electron chi connectivity index (χ4n) is 6.07. The van der Waals surface area contributed by atoms with Crippen LogP contribution in [0.1, 0.15) is 33.1 Å². The van der Waals surface area contributed by atoms with Crippen LogP contribution < -0.4 is 0 Å². The van der Waals surface area contributed by atoms with Gasteiger partial charge < -0.3 is 39.7 Å². The van der Waals surface area contributed by atoms with Crippen molar-refractivity contribution in [2.75, 3.05) is 6.61 Å². The lowest BCUT2D eigenvalue weighted by Gasteiger charge is -2.57. The predicted molar refractivity (Wildman–Crippen MR) is 102 cm³/mol. The molecule has 0 aromatic carbocycles. The summed E-state index contributed by atoms with van der Waals surface area (Å²) in [7, 11) is 0. The third kappa shape index (κ3) is 3.23. The highest BCUT2D eigenvalue weighted by Crippen LogP contribution is 2.58. The lowest BCUT2D eigenvalue weighted by atomic mass is 9.52. The van der Waals surface area contributed by atoms with Gasteiger partial charge in [-0.3, -0.25) is 0 Å². The molecular formula is C21H32O9. The first-order valence-corrected chi connectivity index (χ1v) is 10.6. The first-order chi connectivity index (χ1) is 14.1. The molecule has 30 heavy (non-hydrogen) atoms. The van der Waals surface area contributed by atoms with Crippen molar-refractivity contribution in [1.82, 2.24) is 0 Å². The van der Waals surface area contributed by atoms with E-state index in [4.69, 9.17) is 14.2 Å². The van der Waals surface area contributed by atoms with Crippen LogP contribution in [0.15, 0.2) is 12.2 Å². The van der Waals surface area contributed by atoms with Gasteiger partial charge in [0.15, 0.2) is 6.29 Å².